The van der Waals surface area contributed by atoms with Crippen LogP contribution in [0.4, 0.5) is 10.1 Å². The number of hydrogen-bond acceptors (Lipinski definition) is 5. The highest BCUT2D eigenvalue weighted by atomic mass is 32.1. The molecule has 0 aliphatic heterocycles. The standard InChI is InChI=1S/C18H12FN5O2S/c19-10-8-13(15-14(9-10)23-18(27)24-15)16(25)22-11-2-4-12(5-3-11)26-17-20-6-1-7-21-17/h1-9H,(H,22,25)(H2,23,24,27). The number of anilines is 1. The average Bonchev–Trinajstić information content (AvgIpc) is 3.03. The predicted molar refractivity (Wildman–Crippen MR) is 99.9 cm³/mol. The Balaban J connectivity index is 1.54. The van der Waals surface area contributed by atoms with Crippen molar-refractivity contribution in [2.24, 2.45) is 0 Å². The summed E-state index contributed by atoms with van der Waals surface area (Å²) in [7, 11) is 0. The first kappa shape index (κ1) is 16.9. The molecular formula is C18H12FN5O2S. The molecule has 0 unspecified atom stereocenters. The van der Waals surface area contributed by atoms with Gasteiger partial charge in [0, 0.05) is 18.1 Å². The fraction of sp³-hybridized carbons (Fsp3) is 0. The third-order valence-corrected chi connectivity index (χ3v) is 3.90. The number of carbonyl (C=O) groups is 1. The summed E-state index contributed by atoms with van der Waals surface area (Å²) in [6.45, 7) is 0. The molecule has 1 amide bonds. The maximum absolute atomic E-state index is 13.8. The SMILES string of the molecule is O=C(Nc1ccc(Oc2ncccn2)cc1)c1cc(F)cc2[nH]c(=S)[nH]c12. The molecule has 2 aromatic heterocycles. The largest absolute Gasteiger partial charge is 0.424 e. The fourth-order valence-corrected chi connectivity index (χ4v) is 2.75. The number of rotatable bonds is 4. The fourth-order valence-electron chi connectivity index (χ4n) is 2.53. The number of fused-ring (bicyclic) bond motifs is 1. The number of imidazole rings is 1. The van der Waals surface area contributed by atoms with Crippen molar-refractivity contribution in [3.63, 3.8) is 0 Å². The first-order chi connectivity index (χ1) is 13.1. The van der Waals surface area contributed by atoms with Gasteiger partial charge in [0.2, 0.25) is 0 Å². The van der Waals surface area contributed by atoms with Gasteiger partial charge in [0.1, 0.15) is 11.6 Å². The molecule has 4 aromatic rings. The Morgan fingerprint density at radius 3 is 2.59 bits per heavy atom. The molecule has 0 radical (unpaired) electrons. The zero-order valence-electron chi connectivity index (χ0n) is 13.7. The highest BCUT2D eigenvalue weighted by Gasteiger charge is 2.14. The number of nitrogens with one attached hydrogen (secondary N) is 3. The predicted octanol–water partition coefficient (Wildman–Crippen LogP) is 4.20. The van der Waals surface area contributed by atoms with Gasteiger partial charge < -0.3 is 20.0 Å². The van der Waals surface area contributed by atoms with Gasteiger partial charge in [-0.15, -0.1) is 0 Å². The summed E-state index contributed by atoms with van der Waals surface area (Å²) in [5.41, 5.74) is 1.54. The van der Waals surface area contributed by atoms with Crippen molar-refractivity contribution in [1.82, 2.24) is 19.9 Å². The molecule has 0 fully saturated rings. The van der Waals surface area contributed by atoms with Crippen molar-refractivity contribution < 1.29 is 13.9 Å². The minimum absolute atomic E-state index is 0.148. The molecule has 0 aliphatic carbocycles. The van der Waals surface area contributed by atoms with Crippen molar-refractivity contribution in [3.8, 4) is 11.8 Å². The van der Waals surface area contributed by atoms with E-state index >= 15 is 0 Å². The lowest BCUT2D eigenvalue weighted by atomic mass is 10.1. The van der Waals surface area contributed by atoms with Crippen LogP contribution in [0.25, 0.3) is 11.0 Å². The Morgan fingerprint density at radius 1 is 1.11 bits per heavy atom. The molecule has 27 heavy (non-hydrogen) atoms. The van der Waals surface area contributed by atoms with Crippen LogP contribution in [-0.2, 0) is 0 Å². The van der Waals surface area contributed by atoms with E-state index in [1.54, 1.807) is 42.7 Å². The quantitative estimate of drug-likeness (QED) is 0.461. The summed E-state index contributed by atoms with van der Waals surface area (Å²) in [4.78, 5) is 26.2. The summed E-state index contributed by atoms with van der Waals surface area (Å²) >= 11 is 5.01. The van der Waals surface area contributed by atoms with Crippen LogP contribution in [-0.4, -0.2) is 25.8 Å². The maximum Gasteiger partial charge on any atom is 0.321 e. The van der Waals surface area contributed by atoms with Gasteiger partial charge in [0.25, 0.3) is 5.91 Å². The number of halogens is 1. The normalized spacial score (nSPS) is 10.7. The lowest BCUT2D eigenvalue weighted by molar-refractivity contribution is 0.102. The summed E-state index contributed by atoms with van der Waals surface area (Å²) in [6, 6.07) is 11.0. The molecule has 4 rings (SSSR count). The molecule has 0 bridgehead atoms. The zero-order valence-corrected chi connectivity index (χ0v) is 14.5. The van der Waals surface area contributed by atoms with Crippen LogP contribution in [0.3, 0.4) is 0 Å². The highest BCUT2D eigenvalue weighted by molar-refractivity contribution is 7.71. The van der Waals surface area contributed by atoms with Crippen LogP contribution in [0.2, 0.25) is 0 Å². The Bertz CT molecular complexity index is 1170. The van der Waals surface area contributed by atoms with E-state index in [2.05, 4.69) is 25.3 Å². The number of carbonyl (C=O) groups excluding carboxylic acids is 1. The minimum Gasteiger partial charge on any atom is -0.424 e. The molecule has 0 spiro atoms. The summed E-state index contributed by atoms with van der Waals surface area (Å²) in [5, 5.41) is 2.72. The maximum atomic E-state index is 13.8. The Hall–Kier alpha value is -3.59. The number of aromatic nitrogens is 4. The molecule has 0 saturated carbocycles. The number of nitrogens with zero attached hydrogens (tertiary/aromatic N) is 2. The second-order valence-corrected chi connectivity index (χ2v) is 5.98. The van der Waals surface area contributed by atoms with Gasteiger partial charge in [-0.1, -0.05) is 0 Å². The second kappa shape index (κ2) is 6.96. The Morgan fingerprint density at radius 2 is 1.85 bits per heavy atom. The summed E-state index contributed by atoms with van der Waals surface area (Å²) in [6.07, 6.45) is 3.14. The van der Waals surface area contributed by atoms with E-state index in [9.17, 15) is 9.18 Å². The molecule has 2 aromatic carbocycles. The average molecular weight is 381 g/mol. The Labute approximate surface area is 157 Å². The number of amides is 1. The van der Waals surface area contributed by atoms with Gasteiger partial charge in [-0.3, -0.25) is 4.79 Å². The minimum atomic E-state index is -0.537. The van der Waals surface area contributed by atoms with Gasteiger partial charge >= 0.3 is 6.01 Å². The van der Waals surface area contributed by atoms with Crippen molar-refractivity contribution in [1.29, 1.82) is 0 Å². The van der Waals surface area contributed by atoms with Gasteiger partial charge in [0.15, 0.2) is 4.77 Å². The number of aromatic amines is 2. The summed E-state index contributed by atoms with van der Waals surface area (Å²) in [5.74, 6) is -0.489. The van der Waals surface area contributed by atoms with E-state index < -0.39 is 11.7 Å². The van der Waals surface area contributed by atoms with E-state index in [4.69, 9.17) is 17.0 Å². The van der Waals surface area contributed by atoms with Crippen molar-refractivity contribution in [2.45, 2.75) is 0 Å². The van der Waals surface area contributed by atoms with E-state index in [0.29, 0.717) is 27.2 Å². The summed E-state index contributed by atoms with van der Waals surface area (Å²) < 4.78 is 19.6. The smallest absolute Gasteiger partial charge is 0.321 e. The molecule has 3 N–H and O–H groups in total. The van der Waals surface area contributed by atoms with E-state index in [0.717, 1.165) is 6.07 Å². The number of hydrogen-bond donors (Lipinski definition) is 3. The lowest BCUT2D eigenvalue weighted by Gasteiger charge is -2.08. The highest BCUT2D eigenvalue weighted by Crippen LogP contribution is 2.22. The zero-order chi connectivity index (χ0) is 18.8. The van der Waals surface area contributed by atoms with Crippen molar-refractivity contribution in [2.75, 3.05) is 5.32 Å². The van der Waals surface area contributed by atoms with Gasteiger partial charge in [0.05, 0.1) is 16.6 Å². The van der Waals surface area contributed by atoms with Crippen LogP contribution < -0.4 is 10.1 Å². The molecule has 9 heteroatoms. The number of H-pyrrole nitrogens is 2. The molecule has 0 saturated heterocycles. The molecular weight excluding hydrogens is 369 g/mol. The third-order valence-electron chi connectivity index (χ3n) is 3.70. The molecule has 134 valence electrons. The van der Waals surface area contributed by atoms with Crippen LogP contribution in [0.5, 0.6) is 11.8 Å². The Kier molecular flexibility index (Phi) is 4.35. The molecule has 7 nitrogen and oxygen atoms in total. The topological polar surface area (TPSA) is 95.7 Å². The first-order valence-electron chi connectivity index (χ1n) is 7.86. The molecule has 2 heterocycles. The van der Waals surface area contributed by atoms with E-state index in [1.807, 2.05) is 0 Å². The van der Waals surface area contributed by atoms with Crippen LogP contribution >= 0.6 is 12.2 Å². The molecule has 0 aliphatic rings. The van der Waals surface area contributed by atoms with Crippen LogP contribution in [0.1, 0.15) is 10.4 Å². The van der Waals surface area contributed by atoms with Crippen molar-refractivity contribution >= 4 is 34.8 Å². The second-order valence-electron chi connectivity index (χ2n) is 5.57. The van der Waals surface area contributed by atoms with Crippen molar-refractivity contribution in [3.05, 3.63) is 71.0 Å². The van der Waals surface area contributed by atoms with Crippen LogP contribution in [0.15, 0.2) is 54.9 Å². The number of benzene rings is 2. The van der Waals surface area contributed by atoms with E-state index in [-0.39, 0.29) is 11.6 Å². The van der Waals surface area contributed by atoms with Gasteiger partial charge in [-0.05, 0) is 54.7 Å². The first-order valence-corrected chi connectivity index (χ1v) is 8.27. The van der Waals surface area contributed by atoms with Gasteiger partial charge in [-0.25, -0.2) is 14.4 Å². The molecule has 0 atom stereocenters. The van der Waals surface area contributed by atoms with E-state index in [1.165, 1.54) is 6.07 Å². The monoisotopic (exact) mass is 381 g/mol. The third kappa shape index (κ3) is 3.67. The number of ether oxygens (including phenoxy) is 1. The lowest BCUT2D eigenvalue weighted by Crippen LogP contribution is -2.12. The van der Waals surface area contributed by atoms with Gasteiger partial charge in [-0.2, -0.15) is 0 Å². The van der Waals surface area contributed by atoms with Crippen LogP contribution in [0, 0.1) is 10.6 Å².